The van der Waals surface area contributed by atoms with Gasteiger partial charge in [-0.3, -0.25) is 4.72 Å². The fraction of sp³-hybridized carbons (Fsp3) is 0.0769. The van der Waals surface area contributed by atoms with Gasteiger partial charge in [0.15, 0.2) is 9.84 Å². The Hall–Kier alpha value is -1.28. The zero-order chi connectivity index (χ0) is 16.5. The smallest absolute Gasteiger partial charge is 0.263 e. The molecular formula is C13H11Cl2NO4S2. The SMILES string of the molecule is CS(=O)(=O)c1ccc(Cl)c(S(=O)(=O)Nc2ccccc2Cl)c1. The van der Waals surface area contributed by atoms with Gasteiger partial charge in [-0.15, -0.1) is 0 Å². The number of sulfonamides is 1. The van der Waals surface area contributed by atoms with Crippen LogP contribution in [0.15, 0.2) is 52.3 Å². The Morgan fingerprint density at radius 2 is 1.55 bits per heavy atom. The maximum absolute atomic E-state index is 12.4. The molecule has 2 aromatic carbocycles. The van der Waals surface area contributed by atoms with E-state index in [-0.39, 0.29) is 25.5 Å². The number of rotatable bonds is 4. The van der Waals surface area contributed by atoms with Crippen LogP contribution in [0.4, 0.5) is 5.69 Å². The minimum absolute atomic E-state index is 0.0908. The summed E-state index contributed by atoms with van der Waals surface area (Å²) in [6.07, 6.45) is 0.980. The van der Waals surface area contributed by atoms with Gasteiger partial charge in [0, 0.05) is 6.26 Å². The van der Waals surface area contributed by atoms with E-state index in [9.17, 15) is 16.8 Å². The van der Waals surface area contributed by atoms with Crippen LogP contribution in [0.3, 0.4) is 0 Å². The van der Waals surface area contributed by atoms with Crippen LogP contribution >= 0.6 is 23.2 Å². The summed E-state index contributed by atoms with van der Waals surface area (Å²) in [5, 5.41) is 0.119. The second kappa shape index (κ2) is 6.08. The number of nitrogens with one attached hydrogen (secondary N) is 1. The summed E-state index contributed by atoms with van der Waals surface area (Å²) in [5.41, 5.74) is 0.171. The van der Waals surface area contributed by atoms with Crippen molar-refractivity contribution in [1.82, 2.24) is 0 Å². The number of anilines is 1. The summed E-state index contributed by atoms with van der Waals surface area (Å²) in [5.74, 6) is 0. The molecule has 0 aromatic heterocycles. The normalized spacial score (nSPS) is 12.1. The Labute approximate surface area is 138 Å². The molecule has 1 N–H and O–H groups in total. The Kier molecular flexibility index (Phi) is 4.72. The van der Waals surface area contributed by atoms with Crippen LogP contribution in [-0.4, -0.2) is 23.1 Å². The first kappa shape index (κ1) is 17.1. The van der Waals surface area contributed by atoms with Crippen LogP contribution in [0.5, 0.6) is 0 Å². The molecule has 5 nitrogen and oxygen atoms in total. The first-order chi connectivity index (χ1) is 10.1. The Balaban J connectivity index is 2.53. The van der Waals surface area contributed by atoms with Gasteiger partial charge in [-0.25, -0.2) is 16.8 Å². The van der Waals surface area contributed by atoms with Crippen molar-refractivity contribution in [2.75, 3.05) is 11.0 Å². The number of hydrogen-bond donors (Lipinski definition) is 1. The molecule has 118 valence electrons. The lowest BCUT2D eigenvalue weighted by Gasteiger charge is -2.11. The van der Waals surface area contributed by atoms with E-state index in [1.807, 2.05) is 0 Å². The van der Waals surface area contributed by atoms with Gasteiger partial charge in [0.1, 0.15) is 4.90 Å². The van der Waals surface area contributed by atoms with Crippen molar-refractivity contribution in [2.24, 2.45) is 0 Å². The van der Waals surface area contributed by atoms with Crippen molar-refractivity contribution < 1.29 is 16.8 Å². The van der Waals surface area contributed by atoms with Gasteiger partial charge in [-0.05, 0) is 30.3 Å². The quantitative estimate of drug-likeness (QED) is 0.884. The van der Waals surface area contributed by atoms with Crippen LogP contribution in [0.25, 0.3) is 0 Å². The number of benzene rings is 2. The van der Waals surface area contributed by atoms with Gasteiger partial charge in [0.25, 0.3) is 10.0 Å². The molecule has 0 aliphatic rings. The van der Waals surface area contributed by atoms with E-state index in [2.05, 4.69) is 4.72 Å². The van der Waals surface area contributed by atoms with Crippen LogP contribution < -0.4 is 4.72 Å². The number of sulfone groups is 1. The molecule has 0 atom stereocenters. The van der Waals surface area contributed by atoms with Gasteiger partial charge in [0.2, 0.25) is 0 Å². The highest BCUT2D eigenvalue weighted by Gasteiger charge is 2.21. The third-order valence-corrected chi connectivity index (χ3v) is 6.03. The summed E-state index contributed by atoms with van der Waals surface area (Å²) in [6, 6.07) is 9.74. The van der Waals surface area contributed by atoms with Crippen molar-refractivity contribution in [3.63, 3.8) is 0 Å². The third-order valence-electron chi connectivity index (χ3n) is 2.74. The predicted octanol–water partition coefficient (Wildman–Crippen LogP) is 3.20. The average Bonchev–Trinajstić information content (AvgIpc) is 2.40. The third kappa shape index (κ3) is 3.73. The highest BCUT2D eigenvalue weighted by Crippen LogP contribution is 2.29. The van der Waals surface area contributed by atoms with E-state index in [0.29, 0.717) is 0 Å². The van der Waals surface area contributed by atoms with Crippen LogP contribution in [0.2, 0.25) is 10.0 Å². The van der Waals surface area contributed by atoms with Crippen LogP contribution in [0, 0.1) is 0 Å². The van der Waals surface area contributed by atoms with E-state index in [1.54, 1.807) is 12.1 Å². The molecule has 0 unspecified atom stereocenters. The fourth-order valence-electron chi connectivity index (χ4n) is 1.66. The van der Waals surface area contributed by atoms with E-state index in [1.165, 1.54) is 24.3 Å². The van der Waals surface area contributed by atoms with Gasteiger partial charge >= 0.3 is 0 Å². The van der Waals surface area contributed by atoms with Crippen molar-refractivity contribution in [1.29, 1.82) is 0 Å². The topological polar surface area (TPSA) is 80.3 Å². The number of hydrogen-bond acceptors (Lipinski definition) is 4. The molecule has 0 aliphatic heterocycles. The second-order valence-electron chi connectivity index (χ2n) is 4.45. The minimum Gasteiger partial charge on any atom is -0.278 e. The molecule has 0 amide bonds. The van der Waals surface area contributed by atoms with Crippen LogP contribution in [-0.2, 0) is 19.9 Å². The molecule has 0 fully saturated rings. The van der Waals surface area contributed by atoms with Crippen molar-refractivity contribution >= 4 is 48.7 Å². The van der Waals surface area contributed by atoms with E-state index >= 15 is 0 Å². The zero-order valence-corrected chi connectivity index (χ0v) is 14.4. The molecule has 0 heterocycles. The van der Waals surface area contributed by atoms with Crippen LogP contribution in [0.1, 0.15) is 0 Å². The maximum atomic E-state index is 12.4. The molecule has 0 spiro atoms. The largest absolute Gasteiger partial charge is 0.278 e. The molecular weight excluding hydrogens is 369 g/mol. The molecule has 0 bridgehead atoms. The van der Waals surface area contributed by atoms with E-state index < -0.39 is 19.9 Å². The summed E-state index contributed by atoms with van der Waals surface area (Å²) >= 11 is 11.8. The summed E-state index contributed by atoms with van der Waals surface area (Å²) in [6.45, 7) is 0. The lowest BCUT2D eigenvalue weighted by atomic mass is 10.3. The van der Waals surface area contributed by atoms with Gasteiger partial charge in [-0.1, -0.05) is 35.3 Å². The monoisotopic (exact) mass is 379 g/mol. The Bertz CT molecular complexity index is 925. The first-order valence-electron chi connectivity index (χ1n) is 5.88. The van der Waals surface area contributed by atoms with Crippen molar-refractivity contribution in [2.45, 2.75) is 9.79 Å². The van der Waals surface area contributed by atoms with Crippen molar-refractivity contribution in [3.05, 3.63) is 52.5 Å². The Morgan fingerprint density at radius 1 is 0.909 bits per heavy atom. The lowest BCUT2D eigenvalue weighted by Crippen LogP contribution is -2.14. The summed E-state index contributed by atoms with van der Waals surface area (Å²) in [7, 11) is -7.64. The summed E-state index contributed by atoms with van der Waals surface area (Å²) < 4.78 is 50.2. The standard InChI is InChI=1S/C13H11Cl2NO4S2/c1-21(17,18)9-6-7-11(15)13(8-9)22(19,20)16-12-5-3-2-4-10(12)14/h2-8,16H,1H3. The molecule has 2 aromatic rings. The molecule has 0 aliphatic carbocycles. The molecule has 0 saturated carbocycles. The fourth-order valence-corrected chi connectivity index (χ4v) is 4.23. The van der Waals surface area contributed by atoms with Gasteiger partial charge in [0.05, 0.1) is 20.6 Å². The highest BCUT2D eigenvalue weighted by atomic mass is 35.5. The average molecular weight is 380 g/mol. The maximum Gasteiger partial charge on any atom is 0.263 e. The van der Waals surface area contributed by atoms with Gasteiger partial charge in [-0.2, -0.15) is 0 Å². The number of para-hydroxylation sites is 1. The van der Waals surface area contributed by atoms with E-state index in [4.69, 9.17) is 23.2 Å². The Morgan fingerprint density at radius 3 is 2.14 bits per heavy atom. The predicted molar refractivity (Wildman–Crippen MR) is 86.8 cm³/mol. The zero-order valence-electron chi connectivity index (χ0n) is 11.2. The highest BCUT2D eigenvalue weighted by molar-refractivity contribution is 7.93. The lowest BCUT2D eigenvalue weighted by molar-refractivity contribution is 0.600. The molecule has 2 rings (SSSR count). The first-order valence-corrected chi connectivity index (χ1v) is 10.0. The van der Waals surface area contributed by atoms with Gasteiger partial charge < -0.3 is 0 Å². The summed E-state index contributed by atoms with van der Waals surface area (Å²) in [4.78, 5) is -0.478. The molecule has 0 saturated heterocycles. The second-order valence-corrected chi connectivity index (χ2v) is 8.93. The minimum atomic E-state index is -4.08. The van der Waals surface area contributed by atoms with Crippen molar-refractivity contribution in [3.8, 4) is 0 Å². The van der Waals surface area contributed by atoms with E-state index in [0.717, 1.165) is 12.3 Å². The molecule has 9 heteroatoms. The molecule has 22 heavy (non-hydrogen) atoms. The molecule has 0 radical (unpaired) electrons. The number of halogens is 2.